The molecule has 218 valence electrons. The van der Waals surface area contributed by atoms with Crippen molar-refractivity contribution >= 4 is 23.5 Å². The predicted octanol–water partition coefficient (Wildman–Crippen LogP) is 4.42. The van der Waals surface area contributed by atoms with Crippen LogP contribution in [0, 0.1) is 11.6 Å². The molecule has 2 N–H and O–H groups in total. The van der Waals surface area contributed by atoms with Gasteiger partial charge in [0.2, 0.25) is 11.8 Å². The molecular formula is C30H25F5N4O3. The fourth-order valence-corrected chi connectivity index (χ4v) is 6.39. The summed E-state index contributed by atoms with van der Waals surface area (Å²) >= 11 is 0. The highest BCUT2D eigenvalue weighted by Crippen LogP contribution is 2.46. The molecule has 1 aliphatic carbocycles. The van der Waals surface area contributed by atoms with Gasteiger partial charge in [-0.3, -0.25) is 14.4 Å². The largest absolute Gasteiger partial charge is 0.406 e. The Balaban J connectivity index is 1.23. The Labute approximate surface area is 237 Å². The number of alkyl halides is 3. The smallest absolute Gasteiger partial charge is 0.340 e. The van der Waals surface area contributed by atoms with Crippen molar-refractivity contribution in [3.05, 3.63) is 94.2 Å². The summed E-state index contributed by atoms with van der Waals surface area (Å²) in [6.07, 6.45) is -2.44. The number of rotatable bonds is 4. The molecule has 0 bridgehead atoms. The van der Waals surface area contributed by atoms with Gasteiger partial charge in [-0.05, 0) is 66.6 Å². The number of pyridine rings is 1. The van der Waals surface area contributed by atoms with E-state index in [1.54, 1.807) is 30.5 Å². The first kappa shape index (κ1) is 27.8. The second-order valence-corrected chi connectivity index (χ2v) is 11.1. The lowest BCUT2D eigenvalue weighted by Crippen LogP contribution is -2.50. The van der Waals surface area contributed by atoms with Gasteiger partial charge in [0.25, 0.3) is 5.91 Å². The lowest BCUT2D eigenvalue weighted by atomic mass is 9.79. The maximum absolute atomic E-state index is 14.5. The van der Waals surface area contributed by atoms with Gasteiger partial charge in [0.15, 0.2) is 11.6 Å². The average Bonchev–Trinajstić information content (AvgIpc) is 3.41. The van der Waals surface area contributed by atoms with Crippen LogP contribution in [0.5, 0.6) is 0 Å². The van der Waals surface area contributed by atoms with E-state index >= 15 is 0 Å². The van der Waals surface area contributed by atoms with Gasteiger partial charge >= 0.3 is 6.18 Å². The van der Waals surface area contributed by atoms with Gasteiger partial charge in [-0.15, -0.1) is 0 Å². The SMILES string of the molecule is O=C(NC1CC[C@@H](c2cccc(F)c2F)CN(CC(F)(F)F)C1=O)c1ccc2c(c1)CC1(C2)C(=O)Nc2ncccc21. The standard InChI is InChI=1S/C30H25F5N4O3/c31-22-5-1-3-20(24(22)32)18-8-9-23(27(41)39(14-18)15-30(33,34)35)37-26(40)16-6-7-17-12-29(13-19(17)11-16)21-4-2-10-36-25(21)38-28(29)42/h1-7,10-11,18,23H,8-9,12-15H2,(H,37,40)(H,36,38,42)/t18-,23?,29?/m1/s1. The minimum Gasteiger partial charge on any atom is -0.340 e. The molecule has 3 heterocycles. The first-order valence-corrected chi connectivity index (χ1v) is 13.4. The van der Waals surface area contributed by atoms with Crippen molar-refractivity contribution in [1.29, 1.82) is 0 Å². The molecule has 2 unspecified atom stereocenters. The third-order valence-electron chi connectivity index (χ3n) is 8.39. The number of carbonyl (C=O) groups excluding carboxylic acids is 3. The zero-order valence-electron chi connectivity index (χ0n) is 22.1. The lowest BCUT2D eigenvalue weighted by molar-refractivity contribution is -0.162. The molecule has 1 spiro atoms. The number of fused-ring (bicyclic) bond motifs is 3. The zero-order chi connectivity index (χ0) is 29.8. The van der Waals surface area contributed by atoms with Crippen molar-refractivity contribution in [2.24, 2.45) is 0 Å². The van der Waals surface area contributed by atoms with E-state index in [9.17, 15) is 36.3 Å². The normalized spacial score (nSPS) is 23.4. The molecule has 1 aromatic heterocycles. The van der Waals surface area contributed by atoms with Gasteiger partial charge < -0.3 is 15.5 Å². The van der Waals surface area contributed by atoms with Crippen molar-refractivity contribution in [3.63, 3.8) is 0 Å². The van der Waals surface area contributed by atoms with E-state index in [1.807, 2.05) is 6.07 Å². The highest BCUT2D eigenvalue weighted by molar-refractivity contribution is 6.06. The first-order valence-electron chi connectivity index (χ1n) is 13.4. The number of amides is 3. The Bertz CT molecular complexity index is 1610. The average molecular weight is 585 g/mol. The molecule has 2 aliphatic heterocycles. The van der Waals surface area contributed by atoms with E-state index < -0.39 is 60.1 Å². The van der Waals surface area contributed by atoms with Gasteiger partial charge in [0, 0.05) is 29.8 Å². The molecule has 3 amide bonds. The fourth-order valence-electron chi connectivity index (χ4n) is 6.39. The quantitative estimate of drug-likeness (QED) is 0.445. The summed E-state index contributed by atoms with van der Waals surface area (Å²) < 4.78 is 68.6. The van der Waals surface area contributed by atoms with Crippen LogP contribution in [-0.4, -0.2) is 52.9 Å². The number of hydrogen-bond donors (Lipinski definition) is 2. The molecule has 0 radical (unpaired) electrons. The Morgan fingerprint density at radius 3 is 2.62 bits per heavy atom. The summed E-state index contributed by atoms with van der Waals surface area (Å²) in [6, 6.07) is 10.6. The summed E-state index contributed by atoms with van der Waals surface area (Å²) in [5.74, 6) is -4.51. The third kappa shape index (κ3) is 4.88. The van der Waals surface area contributed by atoms with Crippen LogP contribution in [0.4, 0.5) is 27.8 Å². The topological polar surface area (TPSA) is 91.4 Å². The first-order chi connectivity index (χ1) is 19.9. The van der Waals surface area contributed by atoms with E-state index in [0.717, 1.165) is 22.8 Å². The second-order valence-electron chi connectivity index (χ2n) is 11.1. The number of hydrogen-bond acceptors (Lipinski definition) is 4. The highest BCUT2D eigenvalue weighted by Gasteiger charge is 2.51. The Kier molecular flexibility index (Phi) is 6.74. The van der Waals surface area contributed by atoms with Crippen molar-refractivity contribution in [1.82, 2.24) is 15.2 Å². The van der Waals surface area contributed by atoms with Gasteiger partial charge in [-0.2, -0.15) is 13.2 Å². The second kappa shape index (κ2) is 10.2. The molecule has 2 aromatic carbocycles. The number of nitrogens with one attached hydrogen (secondary N) is 2. The number of likely N-dealkylation sites (tertiary alicyclic amines) is 1. The molecule has 3 aromatic rings. The highest BCUT2D eigenvalue weighted by atomic mass is 19.4. The van der Waals surface area contributed by atoms with Crippen molar-refractivity contribution < 1.29 is 36.3 Å². The maximum Gasteiger partial charge on any atom is 0.406 e. The van der Waals surface area contributed by atoms with E-state index in [-0.39, 0.29) is 29.9 Å². The predicted molar refractivity (Wildman–Crippen MR) is 141 cm³/mol. The maximum atomic E-state index is 14.5. The number of halogens is 5. The fraction of sp³-hybridized carbons (Fsp3) is 0.333. The molecule has 12 heteroatoms. The van der Waals surface area contributed by atoms with Gasteiger partial charge in [-0.25, -0.2) is 13.8 Å². The van der Waals surface area contributed by atoms with Crippen LogP contribution in [0.2, 0.25) is 0 Å². The van der Waals surface area contributed by atoms with Crippen LogP contribution in [0.3, 0.4) is 0 Å². The van der Waals surface area contributed by atoms with Crippen LogP contribution >= 0.6 is 0 Å². The van der Waals surface area contributed by atoms with Gasteiger partial charge in [0.1, 0.15) is 18.4 Å². The van der Waals surface area contributed by atoms with E-state index in [0.29, 0.717) is 23.6 Å². The van der Waals surface area contributed by atoms with Crippen molar-refractivity contribution in [2.75, 3.05) is 18.4 Å². The molecule has 6 rings (SSSR count). The Morgan fingerprint density at radius 2 is 1.83 bits per heavy atom. The molecule has 7 nitrogen and oxygen atoms in total. The number of aromatic nitrogens is 1. The number of nitrogens with zero attached hydrogens (tertiary/aromatic N) is 2. The molecule has 3 aliphatic rings. The van der Waals surface area contributed by atoms with Crippen LogP contribution in [-0.2, 0) is 27.8 Å². The lowest BCUT2D eigenvalue weighted by Gasteiger charge is -2.27. The molecule has 3 atom stereocenters. The van der Waals surface area contributed by atoms with Gasteiger partial charge in [-0.1, -0.05) is 24.3 Å². The van der Waals surface area contributed by atoms with Gasteiger partial charge in [0.05, 0.1) is 5.41 Å². The number of benzene rings is 2. The van der Waals surface area contributed by atoms with Crippen LogP contribution in [0.25, 0.3) is 0 Å². The minimum atomic E-state index is -4.74. The Morgan fingerprint density at radius 1 is 1.05 bits per heavy atom. The van der Waals surface area contributed by atoms with Crippen LogP contribution in [0.15, 0.2) is 54.7 Å². The van der Waals surface area contributed by atoms with Crippen molar-refractivity contribution in [3.8, 4) is 0 Å². The summed E-state index contributed by atoms with van der Waals surface area (Å²) in [7, 11) is 0. The molecule has 1 fully saturated rings. The number of carbonyl (C=O) groups is 3. The molecular weight excluding hydrogens is 559 g/mol. The van der Waals surface area contributed by atoms with Crippen LogP contribution in [0.1, 0.15) is 51.4 Å². The zero-order valence-corrected chi connectivity index (χ0v) is 22.1. The summed E-state index contributed by atoms with van der Waals surface area (Å²) in [6.45, 7) is -2.07. The summed E-state index contributed by atoms with van der Waals surface area (Å²) in [5.41, 5.74) is 1.62. The van der Waals surface area contributed by atoms with Crippen LogP contribution < -0.4 is 10.6 Å². The minimum absolute atomic E-state index is 0.0423. The van der Waals surface area contributed by atoms with E-state index in [1.165, 1.54) is 12.1 Å². The summed E-state index contributed by atoms with van der Waals surface area (Å²) in [5, 5.41) is 5.37. The van der Waals surface area contributed by atoms with E-state index in [2.05, 4.69) is 15.6 Å². The Hall–Kier alpha value is -4.35. The van der Waals surface area contributed by atoms with Crippen molar-refractivity contribution in [2.45, 2.75) is 49.2 Å². The molecule has 1 saturated heterocycles. The molecule has 0 saturated carbocycles. The third-order valence-corrected chi connectivity index (χ3v) is 8.39. The monoisotopic (exact) mass is 584 g/mol. The molecule has 42 heavy (non-hydrogen) atoms. The van der Waals surface area contributed by atoms with E-state index in [4.69, 9.17) is 0 Å². The summed E-state index contributed by atoms with van der Waals surface area (Å²) in [4.78, 5) is 44.3. The number of anilines is 1.